The van der Waals surface area contributed by atoms with E-state index in [2.05, 4.69) is 0 Å². The van der Waals surface area contributed by atoms with Crippen LogP contribution in [0.15, 0.2) is 29.8 Å². The van der Waals surface area contributed by atoms with Gasteiger partial charge in [-0.1, -0.05) is 12.1 Å². The maximum Gasteiger partial charge on any atom is 0.341 e. The maximum absolute atomic E-state index is 12.2. The van der Waals surface area contributed by atoms with E-state index in [0.29, 0.717) is 0 Å². The Hall–Kier alpha value is -3.03. The second kappa shape index (κ2) is 8.18. The van der Waals surface area contributed by atoms with Crippen molar-refractivity contribution in [3.05, 3.63) is 45.5 Å². The summed E-state index contributed by atoms with van der Waals surface area (Å²) in [6.07, 6.45) is 1.11. The molecule has 0 saturated carbocycles. The summed E-state index contributed by atoms with van der Waals surface area (Å²) in [4.78, 5) is 45.3. The fourth-order valence-corrected chi connectivity index (χ4v) is 1.97. The van der Waals surface area contributed by atoms with Gasteiger partial charge in [-0.05, 0) is 32.9 Å². The molecule has 0 aliphatic carbocycles. The van der Waals surface area contributed by atoms with Gasteiger partial charge in [-0.3, -0.25) is 19.7 Å². The SMILES string of the molecule is CC(=O)OC(C)(C)COC(=O)/C(=C\c1ccccc1[N+](=O)[O-])C(C)=O. The zero-order valence-corrected chi connectivity index (χ0v) is 14.4. The van der Waals surface area contributed by atoms with E-state index < -0.39 is 28.2 Å². The first-order valence-corrected chi connectivity index (χ1v) is 7.36. The minimum Gasteiger partial charge on any atom is -0.458 e. The molecule has 0 aliphatic heterocycles. The second-order valence-corrected chi connectivity index (χ2v) is 5.86. The van der Waals surface area contributed by atoms with Crippen LogP contribution in [-0.2, 0) is 23.9 Å². The largest absolute Gasteiger partial charge is 0.458 e. The number of rotatable bonds is 7. The normalized spacial score (nSPS) is 11.6. The minimum absolute atomic E-state index is 0.105. The molecule has 25 heavy (non-hydrogen) atoms. The van der Waals surface area contributed by atoms with Crippen LogP contribution in [0.3, 0.4) is 0 Å². The van der Waals surface area contributed by atoms with Gasteiger partial charge in [0.2, 0.25) is 0 Å². The van der Waals surface area contributed by atoms with Gasteiger partial charge in [0.05, 0.1) is 10.5 Å². The predicted octanol–water partition coefficient (Wildman–Crippen LogP) is 2.45. The third kappa shape index (κ3) is 6.17. The highest BCUT2D eigenvalue weighted by atomic mass is 16.6. The van der Waals surface area contributed by atoms with Crippen molar-refractivity contribution < 1.29 is 28.8 Å². The van der Waals surface area contributed by atoms with Crippen LogP contribution in [-0.4, -0.2) is 34.9 Å². The molecule has 0 unspecified atom stereocenters. The Morgan fingerprint density at radius 1 is 1.20 bits per heavy atom. The lowest BCUT2D eigenvalue weighted by Crippen LogP contribution is -2.34. The number of nitro benzene ring substituents is 1. The zero-order chi connectivity index (χ0) is 19.2. The third-order valence-electron chi connectivity index (χ3n) is 3.00. The molecule has 0 radical (unpaired) electrons. The van der Waals surface area contributed by atoms with Gasteiger partial charge in [0.25, 0.3) is 5.69 Å². The lowest BCUT2D eigenvalue weighted by molar-refractivity contribution is -0.385. The van der Waals surface area contributed by atoms with E-state index in [9.17, 15) is 24.5 Å². The summed E-state index contributed by atoms with van der Waals surface area (Å²) in [6, 6.07) is 5.70. The average Bonchev–Trinajstić information content (AvgIpc) is 2.49. The fourth-order valence-electron chi connectivity index (χ4n) is 1.97. The summed E-state index contributed by atoms with van der Waals surface area (Å²) in [5.41, 5.74) is -1.54. The standard InChI is InChI=1S/C17H19NO7/c1-11(19)14(9-13-7-5-6-8-15(13)18(22)23)16(21)24-10-17(3,4)25-12(2)20/h5-9H,10H2,1-4H3/b14-9-. The molecule has 1 aromatic carbocycles. The summed E-state index contributed by atoms with van der Waals surface area (Å²) < 4.78 is 10.0. The van der Waals surface area contributed by atoms with Crippen LogP contribution < -0.4 is 0 Å². The highest BCUT2D eigenvalue weighted by molar-refractivity contribution is 6.20. The smallest absolute Gasteiger partial charge is 0.341 e. The molecule has 0 bridgehead atoms. The molecule has 0 heterocycles. The van der Waals surface area contributed by atoms with Gasteiger partial charge < -0.3 is 9.47 Å². The molecule has 0 spiro atoms. The molecule has 0 saturated heterocycles. The molecule has 134 valence electrons. The number of benzene rings is 1. The van der Waals surface area contributed by atoms with Crippen molar-refractivity contribution in [1.29, 1.82) is 0 Å². The van der Waals surface area contributed by atoms with Crippen molar-refractivity contribution in [1.82, 2.24) is 0 Å². The molecular formula is C17H19NO7. The van der Waals surface area contributed by atoms with Gasteiger partial charge in [0.15, 0.2) is 5.78 Å². The van der Waals surface area contributed by atoms with Gasteiger partial charge >= 0.3 is 11.9 Å². The first kappa shape index (κ1) is 20.0. The molecule has 8 heteroatoms. The Balaban J connectivity index is 3.05. The van der Waals surface area contributed by atoms with E-state index in [-0.39, 0.29) is 23.4 Å². The molecule has 0 N–H and O–H groups in total. The van der Waals surface area contributed by atoms with Gasteiger partial charge in [-0.25, -0.2) is 4.79 Å². The number of carbonyl (C=O) groups is 3. The molecular weight excluding hydrogens is 330 g/mol. The summed E-state index contributed by atoms with van der Waals surface area (Å²) in [5, 5.41) is 11.0. The molecule has 1 rings (SSSR count). The summed E-state index contributed by atoms with van der Waals surface area (Å²) in [7, 11) is 0. The zero-order valence-electron chi connectivity index (χ0n) is 14.4. The number of carbonyl (C=O) groups excluding carboxylic acids is 3. The lowest BCUT2D eigenvalue weighted by Gasteiger charge is -2.23. The summed E-state index contributed by atoms with van der Waals surface area (Å²) in [6.45, 7) is 5.19. The molecule has 0 aliphatic rings. The number of Topliss-reactive ketones (excluding diaryl/α,β-unsaturated/α-hetero) is 1. The number of esters is 2. The first-order valence-electron chi connectivity index (χ1n) is 7.36. The van der Waals surface area contributed by atoms with Crippen LogP contribution >= 0.6 is 0 Å². The molecule has 0 atom stereocenters. The number of ketones is 1. The van der Waals surface area contributed by atoms with Gasteiger partial charge in [0.1, 0.15) is 17.8 Å². The lowest BCUT2D eigenvalue weighted by atomic mass is 10.1. The monoisotopic (exact) mass is 349 g/mol. The van der Waals surface area contributed by atoms with Crippen molar-refractivity contribution in [2.75, 3.05) is 6.61 Å². The highest BCUT2D eigenvalue weighted by Crippen LogP contribution is 2.21. The van der Waals surface area contributed by atoms with E-state index in [1.165, 1.54) is 25.1 Å². The average molecular weight is 349 g/mol. The van der Waals surface area contributed by atoms with Gasteiger partial charge in [-0.2, -0.15) is 0 Å². The Bertz CT molecular complexity index is 734. The quantitative estimate of drug-likeness (QED) is 0.185. The van der Waals surface area contributed by atoms with E-state index in [0.717, 1.165) is 13.0 Å². The van der Waals surface area contributed by atoms with E-state index in [4.69, 9.17) is 9.47 Å². The van der Waals surface area contributed by atoms with Gasteiger partial charge in [0, 0.05) is 13.0 Å². The van der Waals surface area contributed by atoms with Crippen LogP contribution in [0.4, 0.5) is 5.69 Å². The molecule has 0 amide bonds. The number of hydrogen-bond donors (Lipinski definition) is 0. The Morgan fingerprint density at radius 2 is 1.80 bits per heavy atom. The van der Waals surface area contributed by atoms with Crippen LogP contribution in [0, 0.1) is 10.1 Å². The number of nitro groups is 1. The van der Waals surface area contributed by atoms with E-state index in [1.54, 1.807) is 19.9 Å². The molecule has 1 aromatic rings. The predicted molar refractivity (Wildman–Crippen MR) is 88.6 cm³/mol. The van der Waals surface area contributed by atoms with Crippen molar-refractivity contribution >= 4 is 29.5 Å². The van der Waals surface area contributed by atoms with Crippen molar-refractivity contribution in [2.45, 2.75) is 33.3 Å². The Kier molecular flexibility index (Phi) is 6.55. The Morgan fingerprint density at radius 3 is 2.32 bits per heavy atom. The highest BCUT2D eigenvalue weighted by Gasteiger charge is 2.26. The second-order valence-electron chi connectivity index (χ2n) is 5.86. The number of hydrogen-bond acceptors (Lipinski definition) is 7. The first-order chi connectivity index (χ1) is 11.5. The number of nitrogens with zero attached hydrogens (tertiary/aromatic N) is 1. The molecule has 0 fully saturated rings. The maximum atomic E-state index is 12.2. The molecule has 8 nitrogen and oxygen atoms in total. The third-order valence-corrected chi connectivity index (χ3v) is 3.00. The fraction of sp³-hybridized carbons (Fsp3) is 0.353. The van der Waals surface area contributed by atoms with Crippen LogP contribution in [0.2, 0.25) is 0 Å². The van der Waals surface area contributed by atoms with Gasteiger partial charge in [-0.15, -0.1) is 0 Å². The van der Waals surface area contributed by atoms with Crippen LogP contribution in [0.1, 0.15) is 33.3 Å². The van der Waals surface area contributed by atoms with E-state index in [1.807, 2.05) is 0 Å². The number of para-hydroxylation sites is 1. The molecule has 0 aromatic heterocycles. The summed E-state index contributed by atoms with van der Waals surface area (Å²) in [5.74, 6) is -2.09. The van der Waals surface area contributed by atoms with Crippen molar-refractivity contribution in [3.63, 3.8) is 0 Å². The minimum atomic E-state index is -1.07. The topological polar surface area (TPSA) is 113 Å². The van der Waals surface area contributed by atoms with Crippen LogP contribution in [0.5, 0.6) is 0 Å². The van der Waals surface area contributed by atoms with Crippen LogP contribution in [0.25, 0.3) is 6.08 Å². The number of ether oxygens (including phenoxy) is 2. The van der Waals surface area contributed by atoms with Crippen molar-refractivity contribution in [2.24, 2.45) is 0 Å². The summed E-state index contributed by atoms with van der Waals surface area (Å²) >= 11 is 0. The van der Waals surface area contributed by atoms with Crippen molar-refractivity contribution in [3.8, 4) is 0 Å². The Labute approximate surface area is 144 Å². The van der Waals surface area contributed by atoms with E-state index >= 15 is 0 Å².